The topological polar surface area (TPSA) is 21.7 Å². The Labute approximate surface area is 186 Å². The van der Waals surface area contributed by atoms with Gasteiger partial charge in [0.2, 0.25) is 0 Å². The highest BCUT2D eigenvalue weighted by molar-refractivity contribution is 5.43. The average Bonchev–Trinajstić information content (AvgIpc) is 2.85. The summed E-state index contributed by atoms with van der Waals surface area (Å²) >= 11 is 0. The highest BCUT2D eigenvalue weighted by Gasteiger charge is 2.31. The van der Waals surface area contributed by atoms with Crippen LogP contribution in [0.15, 0.2) is 78.9 Å². The molecule has 0 aliphatic carbocycles. The predicted octanol–water partition coefficient (Wildman–Crippen LogP) is 5.93. The van der Waals surface area contributed by atoms with E-state index < -0.39 is 0 Å². The number of methoxy groups -OCH3 is 2. The lowest BCUT2D eigenvalue weighted by Crippen LogP contribution is -2.44. The molecule has 1 saturated heterocycles. The Hall–Kier alpha value is -2.78. The molecule has 3 nitrogen and oxygen atoms in total. The lowest BCUT2D eigenvalue weighted by molar-refractivity contribution is 0.136. The maximum Gasteiger partial charge on any atom is 0.160 e. The predicted molar refractivity (Wildman–Crippen MR) is 127 cm³/mol. The van der Waals surface area contributed by atoms with E-state index in [1.165, 1.54) is 36.0 Å². The maximum absolute atomic E-state index is 5.51. The highest BCUT2D eigenvalue weighted by atomic mass is 16.5. The van der Waals surface area contributed by atoms with Crippen molar-refractivity contribution in [2.75, 3.05) is 27.3 Å². The van der Waals surface area contributed by atoms with Gasteiger partial charge in [0.15, 0.2) is 11.5 Å². The van der Waals surface area contributed by atoms with Crippen molar-refractivity contribution in [2.24, 2.45) is 0 Å². The first-order valence-corrected chi connectivity index (χ1v) is 11.3. The number of piperidine rings is 1. The van der Waals surface area contributed by atoms with Gasteiger partial charge in [-0.25, -0.2) is 0 Å². The molecule has 0 aromatic heterocycles. The van der Waals surface area contributed by atoms with Crippen LogP contribution < -0.4 is 9.47 Å². The second kappa shape index (κ2) is 10.5. The van der Waals surface area contributed by atoms with E-state index in [-0.39, 0.29) is 0 Å². The van der Waals surface area contributed by atoms with Gasteiger partial charge in [0.25, 0.3) is 0 Å². The largest absolute Gasteiger partial charge is 0.493 e. The molecule has 0 N–H and O–H groups in total. The molecule has 0 bridgehead atoms. The minimum absolute atomic E-state index is 0.396. The number of likely N-dealkylation sites (tertiary alicyclic amines) is 1. The maximum atomic E-state index is 5.51. The van der Waals surface area contributed by atoms with Gasteiger partial charge in [0.1, 0.15) is 0 Å². The molecule has 1 aliphatic rings. The second-order valence-electron chi connectivity index (χ2n) is 8.34. The van der Waals surface area contributed by atoms with E-state index >= 15 is 0 Å². The number of nitrogens with zero attached hydrogens (tertiary/aromatic N) is 1. The summed E-state index contributed by atoms with van der Waals surface area (Å²) in [6.45, 7) is 2.21. The van der Waals surface area contributed by atoms with Crippen LogP contribution in [0.2, 0.25) is 0 Å². The van der Waals surface area contributed by atoms with Gasteiger partial charge in [-0.3, -0.25) is 4.90 Å². The fourth-order valence-electron chi connectivity index (χ4n) is 4.94. The standard InChI is InChI=1S/C28H33NO2/c1-30-26-17-16-22(21-27(26)31-2)18-20-29-19-10-9-15-25(29)28(23-11-5-3-6-12-23)24-13-7-4-8-14-24/h3-8,11-14,16-17,21,25,28H,9-10,15,18-20H2,1-2H3. The van der Waals surface area contributed by atoms with Crippen LogP contribution in [-0.4, -0.2) is 38.3 Å². The van der Waals surface area contributed by atoms with Crippen molar-refractivity contribution in [1.29, 1.82) is 0 Å². The number of benzene rings is 3. The zero-order chi connectivity index (χ0) is 21.5. The Bertz CT molecular complexity index is 902. The molecule has 0 radical (unpaired) electrons. The van der Waals surface area contributed by atoms with Crippen molar-refractivity contribution >= 4 is 0 Å². The van der Waals surface area contributed by atoms with Crippen LogP contribution in [0.25, 0.3) is 0 Å². The molecular weight excluding hydrogens is 382 g/mol. The van der Waals surface area contributed by atoms with Gasteiger partial charge in [-0.2, -0.15) is 0 Å². The number of rotatable bonds is 8. The quantitative estimate of drug-likeness (QED) is 0.455. The summed E-state index contributed by atoms with van der Waals surface area (Å²) in [5.41, 5.74) is 4.12. The summed E-state index contributed by atoms with van der Waals surface area (Å²) < 4.78 is 10.9. The molecule has 1 unspecified atom stereocenters. The molecule has 4 rings (SSSR count). The zero-order valence-electron chi connectivity index (χ0n) is 18.7. The van der Waals surface area contributed by atoms with Crippen LogP contribution in [0, 0.1) is 0 Å². The third kappa shape index (κ3) is 5.11. The van der Waals surface area contributed by atoms with Crippen LogP contribution in [0.5, 0.6) is 11.5 Å². The van der Waals surface area contributed by atoms with Gasteiger partial charge in [-0.15, -0.1) is 0 Å². The van der Waals surface area contributed by atoms with Crippen molar-refractivity contribution in [3.8, 4) is 11.5 Å². The van der Waals surface area contributed by atoms with E-state index in [4.69, 9.17) is 9.47 Å². The molecular formula is C28H33NO2. The van der Waals surface area contributed by atoms with Crippen LogP contribution in [0.4, 0.5) is 0 Å². The van der Waals surface area contributed by atoms with Gasteiger partial charge in [0, 0.05) is 18.5 Å². The molecule has 1 fully saturated rings. The number of hydrogen-bond acceptors (Lipinski definition) is 3. The molecule has 162 valence electrons. The van der Waals surface area contributed by atoms with E-state index in [2.05, 4.69) is 77.7 Å². The van der Waals surface area contributed by atoms with Crippen molar-refractivity contribution in [3.05, 3.63) is 95.6 Å². The Morgan fingerprint density at radius 2 is 1.45 bits per heavy atom. The van der Waals surface area contributed by atoms with Gasteiger partial charge in [-0.1, -0.05) is 73.2 Å². The molecule has 0 amide bonds. The van der Waals surface area contributed by atoms with Gasteiger partial charge in [-0.05, 0) is 54.6 Å². The molecule has 0 saturated carbocycles. The SMILES string of the molecule is COc1ccc(CCN2CCCCC2C(c2ccccc2)c2ccccc2)cc1OC. The molecule has 1 aliphatic heterocycles. The first kappa shape index (κ1) is 21.5. The van der Waals surface area contributed by atoms with Crippen LogP contribution in [-0.2, 0) is 6.42 Å². The van der Waals surface area contributed by atoms with Crippen molar-refractivity contribution in [3.63, 3.8) is 0 Å². The fourth-order valence-corrected chi connectivity index (χ4v) is 4.94. The molecule has 3 heteroatoms. The van der Waals surface area contributed by atoms with Gasteiger partial charge >= 0.3 is 0 Å². The van der Waals surface area contributed by atoms with E-state index in [9.17, 15) is 0 Å². The Kier molecular flexibility index (Phi) is 7.26. The number of hydrogen-bond donors (Lipinski definition) is 0. The minimum atomic E-state index is 0.396. The van der Waals surface area contributed by atoms with Crippen molar-refractivity contribution < 1.29 is 9.47 Å². The summed E-state index contributed by atoms with van der Waals surface area (Å²) in [4.78, 5) is 2.71. The first-order chi connectivity index (χ1) is 15.3. The first-order valence-electron chi connectivity index (χ1n) is 11.3. The average molecular weight is 416 g/mol. The Morgan fingerprint density at radius 3 is 2.06 bits per heavy atom. The molecule has 1 atom stereocenters. The second-order valence-corrected chi connectivity index (χ2v) is 8.34. The summed E-state index contributed by atoms with van der Waals surface area (Å²) in [5, 5.41) is 0. The molecule has 0 spiro atoms. The zero-order valence-corrected chi connectivity index (χ0v) is 18.7. The van der Waals surface area contributed by atoms with E-state index in [0.29, 0.717) is 12.0 Å². The highest BCUT2D eigenvalue weighted by Crippen LogP contribution is 2.36. The number of ether oxygens (including phenoxy) is 2. The fraction of sp³-hybridized carbons (Fsp3) is 0.357. The van der Waals surface area contributed by atoms with E-state index in [1.807, 2.05) is 6.07 Å². The third-order valence-corrected chi connectivity index (χ3v) is 6.50. The van der Waals surface area contributed by atoms with Crippen LogP contribution >= 0.6 is 0 Å². The lowest BCUT2D eigenvalue weighted by Gasteiger charge is -2.41. The Balaban J connectivity index is 1.57. The summed E-state index contributed by atoms with van der Waals surface area (Å²) in [7, 11) is 3.38. The summed E-state index contributed by atoms with van der Waals surface area (Å²) in [5.74, 6) is 1.99. The minimum Gasteiger partial charge on any atom is -0.493 e. The monoisotopic (exact) mass is 415 g/mol. The molecule has 1 heterocycles. The van der Waals surface area contributed by atoms with Crippen molar-refractivity contribution in [2.45, 2.75) is 37.6 Å². The summed E-state index contributed by atoms with van der Waals surface area (Å²) in [6.07, 6.45) is 4.82. The van der Waals surface area contributed by atoms with E-state index in [1.54, 1.807) is 14.2 Å². The van der Waals surface area contributed by atoms with Gasteiger partial charge < -0.3 is 9.47 Å². The smallest absolute Gasteiger partial charge is 0.160 e. The van der Waals surface area contributed by atoms with Crippen LogP contribution in [0.1, 0.15) is 41.9 Å². The lowest BCUT2D eigenvalue weighted by atomic mass is 9.80. The Morgan fingerprint density at radius 1 is 0.806 bits per heavy atom. The normalized spacial score (nSPS) is 16.9. The summed E-state index contributed by atoms with van der Waals surface area (Å²) in [6, 6.07) is 28.9. The van der Waals surface area contributed by atoms with Crippen molar-refractivity contribution in [1.82, 2.24) is 4.90 Å². The third-order valence-electron chi connectivity index (χ3n) is 6.50. The van der Waals surface area contributed by atoms with Crippen LogP contribution in [0.3, 0.4) is 0 Å². The molecule has 3 aromatic carbocycles. The molecule has 3 aromatic rings. The van der Waals surface area contributed by atoms with Gasteiger partial charge in [0.05, 0.1) is 14.2 Å². The van der Waals surface area contributed by atoms with E-state index in [0.717, 1.165) is 31.0 Å². The molecule has 31 heavy (non-hydrogen) atoms.